The van der Waals surface area contributed by atoms with Crippen molar-refractivity contribution < 1.29 is 19.0 Å². The van der Waals surface area contributed by atoms with Gasteiger partial charge in [-0.15, -0.1) is 0 Å². The van der Waals surface area contributed by atoms with Crippen molar-refractivity contribution in [1.82, 2.24) is 0 Å². The van der Waals surface area contributed by atoms with Gasteiger partial charge in [0.2, 0.25) is 0 Å². The second-order valence-electron chi connectivity index (χ2n) is 6.23. The first-order valence-electron chi connectivity index (χ1n) is 8.67. The Bertz CT molecular complexity index is 845. The lowest BCUT2D eigenvalue weighted by molar-refractivity contribution is -0.0703. The van der Waals surface area contributed by atoms with Gasteiger partial charge in [0.15, 0.2) is 11.4 Å². The zero-order chi connectivity index (χ0) is 19.3. The van der Waals surface area contributed by atoms with E-state index in [1.807, 2.05) is 0 Å². The molecule has 2 atom stereocenters. The second-order valence-corrected chi connectivity index (χ2v) is 6.23. The van der Waals surface area contributed by atoms with Crippen LogP contribution >= 0.6 is 0 Å². The maximum absolute atomic E-state index is 13.6. The molecule has 140 valence electrons. The fraction of sp³-hybridized carbons (Fsp3) is 0.350. The molecule has 1 aliphatic heterocycles. The topological polar surface area (TPSA) is 93.5 Å². The third kappa shape index (κ3) is 3.47. The van der Waals surface area contributed by atoms with Gasteiger partial charge in [-0.25, -0.2) is 0 Å². The maximum atomic E-state index is 13.6. The quantitative estimate of drug-likeness (QED) is 0.330. The van der Waals surface area contributed by atoms with Crippen LogP contribution in [0.15, 0.2) is 53.6 Å². The zero-order valence-electron chi connectivity index (χ0n) is 15.3. The van der Waals surface area contributed by atoms with Crippen LogP contribution in [-0.2, 0) is 10.3 Å². The van der Waals surface area contributed by atoms with Gasteiger partial charge in [0.05, 0.1) is 20.3 Å². The van der Waals surface area contributed by atoms with Crippen molar-refractivity contribution in [3.8, 4) is 11.5 Å². The molecule has 0 saturated carbocycles. The van der Waals surface area contributed by atoms with Crippen LogP contribution in [0.4, 0.5) is 0 Å². The molecule has 0 N–H and O–H groups in total. The van der Waals surface area contributed by atoms with Crippen LogP contribution in [0.5, 0.6) is 11.5 Å². The van der Waals surface area contributed by atoms with Gasteiger partial charge in [0, 0.05) is 17.1 Å². The van der Waals surface area contributed by atoms with Gasteiger partial charge in [-0.1, -0.05) is 17.2 Å². The highest BCUT2D eigenvalue weighted by Crippen LogP contribution is 2.41. The smallest absolute Gasteiger partial charge is 0.199 e. The molecule has 2 aromatic rings. The molecule has 1 fully saturated rings. The second kappa shape index (κ2) is 8.12. The first-order valence-corrected chi connectivity index (χ1v) is 8.67. The summed E-state index contributed by atoms with van der Waals surface area (Å²) in [5, 5.41) is 3.92. The standard InChI is InChI=1S/C20H21N3O4/c1-25-16-9-5-14(6-10-16)19(24)20(15-7-11-17(26-2)12-8-15)18(22-23-21)4-3-13-27-20/h5-12,18H,3-4,13H2,1-2H3/t18-,20-/m0/s1. The highest BCUT2D eigenvalue weighted by Gasteiger charge is 2.50. The van der Waals surface area contributed by atoms with Crippen molar-refractivity contribution in [3.63, 3.8) is 0 Å². The van der Waals surface area contributed by atoms with E-state index < -0.39 is 11.6 Å². The predicted molar refractivity (Wildman–Crippen MR) is 100 cm³/mol. The van der Waals surface area contributed by atoms with E-state index in [4.69, 9.17) is 19.7 Å². The number of hydrogen-bond acceptors (Lipinski definition) is 5. The highest BCUT2D eigenvalue weighted by molar-refractivity contribution is 6.04. The lowest BCUT2D eigenvalue weighted by Gasteiger charge is -2.41. The van der Waals surface area contributed by atoms with Gasteiger partial charge < -0.3 is 14.2 Å². The van der Waals surface area contributed by atoms with Crippen molar-refractivity contribution in [3.05, 3.63) is 70.1 Å². The first-order chi connectivity index (χ1) is 13.2. The molecule has 7 nitrogen and oxygen atoms in total. The molecule has 0 radical (unpaired) electrons. The first kappa shape index (κ1) is 18.8. The molecule has 3 rings (SSSR count). The van der Waals surface area contributed by atoms with Gasteiger partial charge in [0.1, 0.15) is 11.5 Å². The van der Waals surface area contributed by atoms with E-state index in [0.29, 0.717) is 35.7 Å². The molecule has 1 saturated heterocycles. The molecule has 0 unspecified atom stereocenters. The van der Waals surface area contributed by atoms with E-state index in [-0.39, 0.29) is 5.78 Å². The summed E-state index contributed by atoms with van der Waals surface area (Å²) in [5.41, 5.74) is 8.79. The van der Waals surface area contributed by atoms with Crippen molar-refractivity contribution in [2.24, 2.45) is 5.11 Å². The Morgan fingerprint density at radius 1 is 1.11 bits per heavy atom. The average Bonchev–Trinajstić information content (AvgIpc) is 2.74. The molecule has 0 aliphatic carbocycles. The van der Waals surface area contributed by atoms with E-state index in [2.05, 4.69) is 10.0 Å². The summed E-state index contributed by atoms with van der Waals surface area (Å²) < 4.78 is 16.5. The number of ketones is 1. The average molecular weight is 367 g/mol. The predicted octanol–water partition coefficient (Wildman–Crippen LogP) is 4.27. The summed E-state index contributed by atoms with van der Waals surface area (Å²) in [6, 6.07) is 13.3. The molecule has 0 aromatic heterocycles. The highest BCUT2D eigenvalue weighted by atomic mass is 16.5. The summed E-state index contributed by atoms with van der Waals surface area (Å²) in [5.74, 6) is 1.08. The number of ether oxygens (including phenoxy) is 3. The van der Waals surface area contributed by atoms with Gasteiger partial charge in [-0.05, 0) is 60.3 Å². The molecule has 7 heteroatoms. The number of Topliss-reactive ketones (excluding diaryl/α,β-unsaturated/α-hetero) is 1. The largest absolute Gasteiger partial charge is 0.497 e. The number of azide groups is 1. The zero-order valence-corrected chi connectivity index (χ0v) is 15.3. The van der Waals surface area contributed by atoms with Gasteiger partial charge in [-0.2, -0.15) is 0 Å². The van der Waals surface area contributed by atoms with Crippen molar-refractivity contribution in [2.45, 2.75) is 24.5 Å². The van der Waals surface area contributed by atoms with E-state index in [1.165, 1.54) is 0 Å². The number of carbonyl (C=O) groups is 1. The van der Waals surface area contributed by atoms with E-state index in [1.54, 1.807) is 62.8 Å². The van der Waals surface area contributed by atoms with Gasteiger partial charge in [-0.3, -0.25) is 4.79 Å². The number of benzene rings is 2. The Balaban J connectivity index is 2.12. The number of methoxy groups -OCH3 is 2. The summed E-state index contributed by atoms with van der Waals surface area (Å²) >= 11 is 0. The number of hydrogen-bond donors (Lipinski definition) is 0. The minimum Gasteiger partial charge on any atom is -0.497 e. The summed E-state index contributed by atoms with van der Waals surface area (Å²) in [4.78, 5) is 16.5. The molecule has 2 aromatic carbocycles. The number of rotatable bonds is 6. The molecule has 27 heavy (non-hydrogen) atoms. The minimum atomic E-state index is -1.37. The molecule has 0 spiro atoms. The maximum Gasteiger partial charge on any atom is 0.199 e. The molecule has 1 heterocycles. The number of carbonyl (C=O) groups excluding carboxylic acids is 1. The van der Waals surface area contributed by atoms with Crippen molar-refractivity contribution >= 4 is 5.78 Å². The Morgan fingerprint density at radius 2 is 1.70 bits per heavy atom. The van der Waals surface area contributed by atoms with Crippen molar-refractivity contribution in [1.29, 1.82) is 0 Å². The van der Waals surface area contributed by atoms with Crippen LogP contribution in [0.2, 0.25) is 0 Å². The van der Waals surface area contributed by atoms with Crippen LogP contribution < -0.4 is 9.47 Å². The van der Waals surface area contributed by atoms with Gasteiger partial charge >= 0.3 is 0 Å². The molecule has 0 bridgehead atoms. The van der Waals surface area contributed by atoms with Crippen LogP contribution in [0, 0.1) is 0 Å². The Labute approximate surface area is 157 Å². The normalized spacial score (nSPS) is 21.8. The SMILES string of the molecule is COc1ccc(C(=O)[C@@]2(c3ccc(OC)cc3)OCCC[C@@H]2N=[N+]=[N-])cc1. The van der Waals surface area contributed by atoms with Crippen molar-refractivity contribution in [2.75, 3.05) is 20.8 Å². The molecular formula is C20H21N3O4. The molecular weight excluding hydrogens is 346 g/mol. The molecule has 1 aliphatic rings. The fourth-order valence-corrected chi connectivity index (χ4v) is 3.43. The van der Waals surface area contributed by atoms with E-state index in [0.717, 1.165) is 6.42 Å². The Kier molecular flexibility index (Phi) is 5.64. The van der Waals surface area contributed by atoms with Crippen LogP contribution in [0.1, 0.15) is 28.8 Å². The van der Waals surface area contributed by atoms with Crippen LogP contribution in [0.25, 0.3) is 10.4 Å². The summed E-state index contributed by atoms with van der Waals surface area (Å²) in [6.45, 7) is 0.408. The van der Waals surface area contributed by atoms with Gasteiger partial charge in [0.25, 0.3) is 0 Å². The summed E-state index contributed by atoms with van der Waals surface area (Å²) in [6.07, 6.45) is 1.29. The van der Waals surface area contributed by atoms with E-state index >= 15 is 0 Å². The van der Waals surface area contributed by atoms with Crippen LogP contribution in [-0.4, -0.2) is 32.7 Å². The third-order valence-corrected chi connectivity index (χ3v) is 4.82. The van der Waals surface area contributed by atoms with Crippen LogP contribution in [0.3, 0.4) is 0 Å². The lowest BCUT2D eigenvalue weighted by Crippen LogP contribution is -2.51. The van der Waals surface area contributed by atoms with E-state index in [9.17, 15) is 4.79 Å². The minimum absolute atomic E-state index is 0.243. The third-order valence-electron chi connectivity index (χ3n) is 4.82. The summed E-state index contributed by atoms with van der Waals surface area (Å²) in [7, 11) is 3.14. The monoisotopic (exact) mass is 367 g/mol. The lowest BCUT2D eigenvalue weighted by atomic mass is 9.77. The Hall–Kier alpha value is -3.02. The number of nitrogens with zero attached hydrogens (tertiary/aromatic N) is 3. The fourth-order valence-electron chi connectivity index (χ4n) is 3.43. The molecule has 0 amide bonds. The Morgan fingerprint density at radius 3 is 2.26 bits per heavy atom.